The molecule has 0 atom stereocenters. The number of carbonyl (C=O) groups is 2. The van der Waals surface area contributed by atoms with Gasteiger partial charge in [0.2, 0.25) is 0 Å². The van der Waals surface area contributed by atoms with Crippen LogP contribution in [0.3, 0.4) is 0 Å². The molecule has 0 aromatic heterocycles. The summed E-state index contributed by atoms with van der Waals surface area (Å²) in [6.45, 7) is 0. The van der Waals surface area contributed by atoms with Crippen LogP contribution >= 0.6 is 0 Å². The van der Waals surface area contributed by atoms with Crippen molar-refractivity contribution in [3.05, 3.63) is 133 Å². The fourth-order valence-electron chi connectivity index (χ4n) is 3.64. The molecule has 196 valence electrons. The number of aliphatic carboxylic acids is 2. The SMILES string of the molecule is C[N+](C)(c1ccccc1)c1ccccc1.C[N+](C)(c1ccccc1)c1ccccc1.O=C(O)/C=C/C(=O)O. The van der Waals surface area contributed by atoms with Crippen LogP contribution in [0.4, 0.5) is 22.7 Å². The van der Waals surface area contributed by atoms with Crippen LogP contribution in [0.5, 0.6) is 0 Å². The summed E-state index contributed by atoms with van der Waals surface area (Å²) in [6, 6.07) is 42.1. The molecule has 0 saturated carbocycles. The number of carboxylic acids is 2. The van der Waals surface area contributed by atoms with Crippen LogP contribution < -0.4 is 8.97 Å². The molecular weight excluding hydrogens is 476 g/mol. The highest BCUT2D eigenvalue weighted by molar-refractivity contribution is 5.89. The zero-order valence-corrected chi connectivity index (χ0v) is 22.3. The highest BCUT2D eigenvalue weighted by Gasteiger charge is 2.22. The van der Waals surface area contributed by atoms with E-state index in [1.54, 1.807) is 0 Å². The first-order chi connectivity index (χ1) is 18.0. The van der Waals surface area contributed by atoms with E-state index in [-0.39, 0.29) is 0 Å². The third-order valence-corrected chi connectivity index (χ3v) is 5.98. The van der Waals surface area contributed by atoms with Crippen molar-refractivity contribution in [1.29, 1.82) is 0 Å². The highest BCUT2D eigenvalue weighted by atomic mass is 16.4. The molecule has 0 aliphatic heterocycles. The van der Waals surface area contributed by atoms with E-state index in [0.717, 1.165) is 8.97 Å². The van der Waals surface area contributed by atoms with Crippen LogP contribution in [-0.4, -0.2) is 50.3 Å². The molecule has 0 radical (unpaired) electrons. The van der Waals surface area contributed by atoms with Gasteiger partial charge < -0.3 is 10.2 Å². The fraction of sp³-hybridized carbons (Fsp3) is 0.125. The van der Waals surface area contributed by atoms with Crippen molar-refractivity contribution in [1.82, 2.24) is 8.97 Å². The summed E-state index contributed by atoms with van der Waals surface area (Å²) in [7, 11) is 8.80. The minimum atomic E-state index is -1.26. The lowest BCUT2D eigenvalue weighted by atomic mass is 10.2. The van der Waals surface area contributed by atoms with Gasteiger partial charge >= 0.3 is 11.9 Å². The molecule has 4 aromatic rings. The summed E-state index contributed by atoms with van der Waals surface area (Å²) in [5.74, 6) is -2.51. The van der Waals surface area contributed by atoms with Gasteiger partial charge in [-0.1, -0.05) is 72.8 Å². The molecule has 4 aromatic carbocycles. The molecule has 0 fully saturated rings. The van der Waals surface area contributed by atoms with E-state index in [4.69, 9.17) is 10.2 Å². The second-order valence-corrected chi connectivity index (χ2v) is 9.26. The highest BCUT2D eigenvalue weighted by Crippen LogP contribution is 2.30. The Hall–Kier alpha value is -4.52. The van der Waals surface area contributed by atoms with E-state index in [9.17, 15) is 9.59 Å². The van der Waals surface area contributed by atoms with E-state index in [1.165, 1.54) is 22.7 Å². The van der Waals surface area contributed by atoms with Crippen molar-refractivity contribution in [3.63, 3.8) is 0 Å². The van der Waals surface area contributed by atoms with Gasteiger partial charge in [0.25, 0.3) is 0 Å². The lowest BCUT2D eigenvalue weighted by Crippen LogP contribution is -2.33. The summed E-state index contributed by atoms with van der Waals surface area (Å²) in [5.41, 5.74) is 5.18. The lowest BCUT2D eigenvalue weighted by Gasteiger charge is -2.28. The summed E-state index contributed by atoms with van der Waals surface area (Å²) in [5, 5.41) is 15.6. The van der Waals surface area contributed by atoms with Crippen LogP contribution in [0.1, 0.15) is 0 Å². The van der Waals surface area contributed by atoms with Gasteiger partial charge in [-0.15, -0.1) is 0 Å². The minimum absolute atomic E-state index is 0.558. The number of hydrogen-bond acceptors (Lipinski definition) is 2. The third-order valence-electron chi connectivity index (χ3n) is 5.98. The van der Waals surface area contributed by atoms with Crippen molar-refractivity contribution >= 4 is 34.7 Å². The Morgan fingerprint density at radius 3 is 0.789 bits per heavy atom. The Labute approximate surface area is 225 Å². The van der Waals surface area contributed by atoms with Gasteiger partial charge in [-0.25, -0.2) is 9.59 Å². The molecule has 0 amide bonds. The zero-order chi connectivity index (χ0) is 28.0. The minimum Gasteiger partial charge on any atom is -0.478 e. The van der Waals surface area contributed by atoms with Crippen molar-refractivity contribution in [2.45, 2.75) is 0 Å². The van der Waals surface area contributed by atoms with Crippen LogP contribution in [0.25, 0.3) is 0 Å². The van der Waals surface area contributed by atoms with Gasteiger partial charge in [-0.2, -0.15) is 0 Å². The number of nitrogens with zero attached hydrogens (tertiary/aromatic N) is 2. The summed E-state index contributed by atoms with van der Waals surface area (Å²) < 4.78 is 1.56. The average Bonchev–Trinajstić information content (AvgIpc) is 2.94. The van der Waals surface area contributed by atoms with Gasteiger partial charge in [0, 0.05) is 12.2 Å². The maximum atomic E-state index is 9.55. The van der Waals surface area contributed by atoms with Crippen LogP contribution in [0.15, 0.2) is 133 Å². The first-order valence-electron chi connectivity index (χ1n) is 12.1. The number of rotatable bonds is 6. The van der Waals surface area contributed by atoms with E-state index < -0.39 is 11.9 Å². The van der Waals surface area contributed by atoms with Gasteiger partial charge in [0.1, 0.15) is 22.7 Å². The topological polar surface area (TPSA) is 74.6 Å². The Bertz CT molecular complexity index is 1100. The average molecular weight is 513 g/mol. The van der Waals surface area contributed by atoms with Crippen molar-refractivity contribution in [2.24, 2.45) is 0 Å². The Kier molecular flexibility index (Phi) is 11.2. The molecule has 0 bridgehead atoms. The molecule has 4 rings (SSSR count). The first kappa shape index (κ1) is 29.7. The largest absolute Gasteiger partial charge is 0.478 e. The maximum absolute atomic E-state index is 9.55. The van der Waals surface area contributed by atoms with Gasteiger partial charge in [-0.05, 0) is 48.5 Å². The van der Waals surface area contributed by atoms with E-state index in [2.05, 4.69) is 150 Å². The van der Waals surface area contributed by atoms with Crippen molar-refractivity contribution in [2.75, 3.05) is 28.2 Å². The van der Waals surface area contributed by atoms with Gasteiger partial charge in [-0.3, -0.25) is 8.97 Å². The molecule has 0 heterocycles. The fourth-order valence-corrected chi connectivity index (χ4v) is 3.64. The maximum Gasteiger partial charge on any atom is 0.328 e. The Balaban J connectivity index is 0.000000211. The molecule has 0 spiro atoms. The lowest BCUT2D eigenvalue weighted by molar-refractivity contribution is -0.134. The van der Waals surface area contributed by atoms with Gasteiger partial charge in [0.15, 0.2) is 0 Å². The molecule has 38 heavy (non-hydrogen) atoms. The predicted molar refractivity (Wildman–Crippen MR) is 157 cm³/mol. The smallest absolute Gasteiger partial charge is 0.328 e. The summed E-state index contributed by atoms with van der Waals surface area (Å²) >= 11 is 0. The molecule has 0 aliphatic rings. The monoisotopic (exact) mass is 512 g/mol. The van der Waals surface area contributed by atoms with Crippen molar-refractivity contribution in [3.8, 4) is 0 Å². The molecule has 2 N–H and O–H groups in total. The van der Waals surface area contributed by atoms with Crippen LogP contribution in [0.2, 0.25) is 0 Å². The molecule has 0 unspecified atom stereocenters. The molecule has 6 nitrogen and oxygen atoms in total. The van der Waals surface area contributed by atoms with Gasteiger partial charge in [0.05, 0.1) is 28.2 Å². The van der Waals surface area contributed by atoms with E-state index in [0.29, 0.717) is 12.2 Å². The zero-order valence-electron chi connectivity index (χ0n) is 22.3. The molecule has 0 aliphatic carbocycles. The Morgan fingerprint density at radius 1 is 0.447 bits per heavy atom. The third kappa shape index (κ3) is 9.17. The van der Waals surface area contributed by atoms with Crippen LogP contribution in [0, 0.1) is 0 Å². The predicted octanol–water partition coefficient (Wildman–Crippen LogP) is 6.88. The van der Waals surface area contributed by atoms with Crippen LogP contribution in [-0.2, 0) is 9.59 Å². The molecular formula is C32H36N2O4+2. The standard InChI is InChI=1S/2C14H16N.C4H4O4/c2*1-15(2,13-9-5-3-6-10-13)14-11-7-4-8-12-14;5-3(6)1-2-4(7)8/h2*3-12H,1-2H3;1-2H,(H,5,6)(H,7,8)/q2*+1;/b;;2-1+. The molecule has 0 saturated heterocycles. The normalized spacial score (nSPS) is 10.9. The number of carboxylic acid groups (broad SMARTS) is 2. The quantitative estimate of drug-likeness (QED) is 0.218. The Morgan fingerprint density at radius 2 is 0.632 bits per heavy atom. The number of benzene rings is 4. The van der Waals surface area contributed by atoms with E-state index >= 15 is 0 Å². The first-order valence-corrected chi connectivity index (χ1v) is 12.1. The number of hydrogen-bond donors (Lipinski definition) is 2. The second-order valence-electron chi connectivity index (χ2n) is 9.26. The second kappa shape index (κ2) is 14.3. The summed E-state index contributed by atoms with van der Waals surface area (Å²) in [4.78, 5) is 19.1. The van der Waals surface area contributed by atoms with Crippen molar-refractivity contribution < 1.29 is 19.8 Å². The number of quaternary nitrogens is 2. The summed E-state index contributed by atoms with van der Waals surface area (Å²) in [6.07, 6.45) is 1.12. The molecule has 6 heteroatoms. The number of para-hydroxylation sites is 4. The van der Waals surface area contributed by atoms with E-state index in [1.807, 2.05) is 0 Å².